The third-order valence-corrected chi connectivity index (χ3v) is 2.52. The normalized spacial score (nSPS) is 9.71. The first kappa shape index (κ1) is 11.2. The highest BCUT2D eigenvalue weighted by Gasteiger charge is 2.04. The number of aryl methyl sites for hydroxylation is 1. The standard InChI is InChI=1S/C9H9BrN2.C2H6/c1-7-8(6-10)11-9-4-2-3-5-12(7)9;1-2/h2-5H,6H2,1H3;1-2H3. The second-order valence-electron chi connectivity index (χ2n) is 2.71. The fourth-order valence-corrected chi connectivity index (χ4v) is 1.82. The fourth-order valence-electron chi connectivity index (χ4n) is 1.29. The zero-order chi connectivity index (χ0) is 10.6. The van der Waals surface area contributed by atoms with Crippen molar-refractivity contribution < 1.29 is 0 Å². The van der Waals surface area contributed by atoms with E-state index in [0.29, 0.717) is 0 Å². The van der Waals surface area contributed by atoms with E-state index in [-0.39, 0.29) is 0 Å². The molecule has 0 N–H and O–H groups in total. The summed E-state index contributed by atoms with van der Waals surface area (Å²) in [5.41, 5.74) is 3.34. The van der Waals surface area contributed by atoms with E-state index in [1.807, 2.05) is 38.2 Å². The number of halogens is 1. The largest absolute Gasteiger partial charge is 0.304 e. The molecule has 0 bridgehead atoms. The molecule has 0 aliphatic heterocycles. The van der Waals surface area contributed by atoms with Gasteiger partial charge in [-0.15, -0.1) is 0 Å². The molecule has 0 radical (unpaired) electrons. The molecular weight excluding hydrogens is 240 g/mol. The number of rotatable bonds is 1. The first-order valence-electron chi connectivity index (χ1n) is 4.81. The third kappa shape index (κ3) is 1.98. The van der Waals surface area contributed by atoms with Crippen LogP contribution in [0.4, 0.5) is 0 Å². The number of aromatic nitrogens is 2. The number of nitrogens with zero attached hydrogens (tertiary/aromatic N) is 2. The number of hydrogen-bond donors (Lipinski definition) is 0. The molecule has 0 aliphatic rings. The highest BCUT2D eigenvalue weighted by atomic mass is 79.9. The maximum absolute atomic E-state index is 4.45. The molecule has 0 atom stereocenters. The average Bonchev–Trinajstić information content (AvgIpc) is 2.59. The van der Waals surface area contributed by atoms with Gasteiger partial charge in [0.15, 0.2) is 0 Å². The molecule has 0 unspecified atom stereocenters. The van der Waals surface area contributed by atoms with Crippen LogP contribution in [0.3, 0.4) is 0 Å². The molecule has 2 rings (SSSR count). The lowest BCUT2D eigenvalue weighted by atomic mass is 10.4. The van der Waals surface area contributed by atoms with Gasteiger partial charge in [0.25, 0.3) is 0 Å². The summed E-state index contributed by atoms with van der Waals surface area (Å²) in [4.78, 5) is 4.45. The van der Waals surface area contributed by atoms with Gasteiger partial charge >= 0.3 is 0 Å². The van der Waals surface area contributed by atoms with E-state index in [1.165, 1.54) is 5.69 Å². The zero-order valence-electron chi connectivity index (χ0n) is 8.79. The van der Waals surface area contributed by atoms with Crippen LogP contribution >= 0.6 is 15.9 Å². The molecule has 76 valence electrons. The summed E-state index contributed by atoms with van der Waals surface area (Å²) >= 11 is 3.41. The van der Waals surface area contributed by atoms with E-state index < -0.39 is 0 Å². The fraction of sp³-hybridized carbons (Fsp3) is 0.364. The van der Waals surface area contributed by atoms with Crippen LogP contribution in [0.25, 0.3) is 5.65 Å². The van der Waals surface area contributed by atoms with Crippen molar-refractivity contribution in [3.05, 3.63) is 35.8 Å². The predicted octanol–water partition coefficient (Wildman–Crippen LogP) is 3.56. The van der Waals surface area contributed by atoms with Gasteiger partial charge < -0.3 is 4.40 Å². The maximum Gasteiger partial charge on any atom is 0.137 e. The topological polar surface area (TPSA) is 17.3 Å². The molecule has 0 saturated heterocycles. The van der Waals surface area contributed by atoms with Gasteiger partial charge in [-0.1, -0.05) is 35.8 Å². The molecule has 14 heavy (non-hydrogen) atoms. The minimum atomic E-state index is 0.820. The number of hydrogen-bond acceptors (Lipinski definition) is 1. The van der Waals surface area contributed by atoms with E-state index in [4.69, 9.17) is 0 Å². The van der Waals surface area contributed by atoms with Crippen molar-refractivity contribution in [2.24, 2.45) is 0 Å². The lowest BCUT2D eigenvalue weighted by Crippen LogP contribution is -1.86. The lowest BCUT2D eigenvalue weighted by molar-refractivity contribution is 1.09. The second kappa shape index (κ2) is 5.15. The van der Waals surface area contributed by atoms with E-state index in [9.17, 15) is 0 Å². The van der Waals surface area contributed by atoms with Gasteiger partial charge in [-0.3, -0.25) is 0 Å². The van der Waals surface area contributed by atoms with Crippen LogP contribution in [0.1, 0.15) is 25.2 Å². The summed E-state index contributed by atoms with van der Waals surface area (Å²) in [7, 11) is 0. The predicted molar refractivity (Wildman–Crippen MR) is 63.9 cm³/mol. The molecule has 2 heterocycles. The van der Waals surface area contributed by atoms with Crippen molar-refractivity contribution >= 4 is 21.6 Å². The maximum atomic E-state index is 4.45. The van der Waals surface area contributed by atoms with Crippen molar-refractivity contribution in [2.45, 2.75) is 26.1 Å². The molecule has 0 saturated carbocycles. The quantitative estimate of drug-likeness (QED) is 0.712. The van der Waals surface area contributed by atoms with Crippen LogP contribution in [0, 0.1) is 6.92 Å². The molecule has 2 aromatic heterocycles. The molecule has 0 spiro atoms. The Bertz CT molecular complexity index is 407. The third-order valence-electron chi connectivity index (χ3n) is 1.99. The molecule has 0 fully saturated rings. The minimum absolute atomic E-state index is 0.820. The number of alkyl halides is 1. The van der Waals surface area contributed by atoms with Gasteiger partial charge in [0.1, 0.15) is 5.65 Å². The Morgan fingerprint density at radius 3 is 2.64 bits per heavy atom. The zero-order valence-corrected chi connectivity index (χ0v) is 10.4. The SMILES string of the molecule is CC.Cc1c(CBr)nc2ccccn12. The Morgan fingerprint density at radius 2 is 2.07 bits per heavy atom. The Hall–Kier alpha value is -0.830. The first-order chi connectivity index (χ1) is 6.83. The van der Waals surface area contributed by atoms with Gasteiger partial charge in [0.2, 0.25) is 0 Å². The highest BCUT2D eigenvalue weighted by Crippen LogP contribution is 2.13. The van der Waals surface area contributed by atoms with Gasteiger partial charge in [0, 0.05) is 17.2 Å². The Morgan fingerprint density at radius 1 is 1.36 bits per heavy atom. The minimum Gasteiger partial charge on any atom is -0.304 e. The summed E-state index contributed by atoms with van der Waals surface area (Å²) in [6.07, 6.45) is 2.03. The molecule has 3 heteroatoms. The number of imidazole rings is 1. The molecule has 2 nitrogen and oxygen atoms in total. The van der Waals surface area contributed by atoms with Crippen LogP contribution in [-0.4, -0.2) is 9.38 Å². The van der Waals surface area contributed by atoms with E-state index in [2.05, 4.69) is 32.2 Å². The van der Waals surface area contributed by atoms with Gasteiger partial charge in [0.05, 0.1) is 5.69 Å². The van der Waals surface area contributed by atoms with Crippen LogP contribution in [-0.2, 0) is 5.33 Å². The monoisotopic (exact) mass is 254 g/mol. The van der Waals surface area contributed by atoms with Crippen LogP contribution in [0.15, 0.2) is 24.4 Å². The summed E-state index contributed by atoms with van der Waals surface area (Å²) in [5, 5.41) is 0.820. The molecular formula is C11H15BrN2. The summed E-state index contributed by atoms with van der Waals surface area (Å²) in [5.74, 6) is 0. The number of pyridine rings is 1. The van der Waals surface area contributed by atoms with E-state index in [0.717, 1.165) is 16.7 Å². The van der Waals surface area contributed by atoms with Crippen molar-refractivity contribution in [1.29, 1.82) is 0 Å². The Kier molecular flexibility index (Phi) is 4.14. The van der Waals surface area contributed by atoms with Crippen LogP contribution in [0.2, 0.25) is 0 Å². The van der Waals surface area contributed by atoms with Gasteiger partial charge in [-0.05, 0) is 19.1 Å². The smallest absolute Gasteiger partial charge is 0.137 e. The van der Waals surface area contributed by atoms with E-state index in [1.54, 1.807) is 0 Å². The summed E-state index contributed by atoms with van der Waals surface area (Å²) in [6, 6.07) is 6.03. The van der Waals surface area contributed by atoms with E-state index >= 15 is 0 Å². The first-order valence-corrected chi connectivity index (χ1v) is 5.93. The van der Waals surface area contributed by atoms with Crippen LogP contribution < -0.4 is 0 Å². The lowest BCUT2D eigenvalue weighted by Gasteiger charge is -1.93. The summed E-state index contributed by atoms with van der Waals surface area (Å²) in [6.45, 7) is 6.08. The van der Waals surface area contributed by atoms with Crippen molar-refractivity contribution in [2.75, 3.05) is 0 Å². The average molecular weight is 255 g/mol. The molecule has 0 amide bonds. The van der Waals surface area contributed by atoms with Crippen molar-refractivity contribution in [3.63, 3.8) is 0 Å². The molecule has 0 aromatic carbocycles. The van der Waals surface area contributed by atoms with Crippen LogP contribution in [0.5, 0.6) is 0 Å². The molecule has 2 aromatic rings. The van der Waals surface area contributed by atoms with Crippen molar-refractivity contribution in [1.82, 2.24) is 9.38 Å². The van der Waals surface area contributed by atoms with Crippen molar-refractivity contribution in [3.8, 4) is 0 Å². The second-order valence-corrected chi connectivity index (χ2v) is 3.27. The van der Waals surface area contributed by atoms with Gasteiger partial charge in [-0.2, -0.15) is 0 Å². The molecule has 0 aliphatic carbocycles. The number of fused-ring (bicyclic) bond motifs is 1. The highest BCUT2D eigenvalue weighted by molar-refractivity contribution is 9.08. The Labute approximate surface area is 93.1 Å². The van der Waals surface area contributed by atoms with Gasteiger partial charge in [-0.25, -0.2) is 4.98 Å². The Balaban J connectivity index is 0.000000461. The summed E-state index contributed by atoms with van der Waals surface area (Å²) < 4.78 is 2.09.